The van der Waals surface area contributed by atoms with Crippen molar-refractivity contribution >= 4 is 11.9 Å². The van der Waals surface area contributed by atoms with Crippen LogP contribution in [0.15, 0.2) is 53.0 Å². The zero-order chi connectivity index (χ0) is 35.6. The summed E-state index contributed by atoms with van der Waals surface area (Å²) in [6.07, 6.45) is 19.1. The highest BCUT2D eigenvalue weighted by Gasteiger charge is 2.91. The number of allylic oxidation sites excluding steroid dienone is 2. The van der Waals surface area contributed by atoms with Crippen molar-refractivity contribution in [3.8, 4) is 0 Å². The fraction of sp³-hybridized carbons (Fsp3) is 0.689. The molecule has 52 heavy (non-hydrogen) atoms. The molecule has 4 fully saturated rings. The highest BCUT2D eigenvalue weighted by atomic mass is 16.6. The molecule has 2 N–H and O–H groups in total. The Balaban J connectivity index is 1.21. The molecule has 3 aliphatic carbocycles. The lowest BCUT2D eigenvalue weighted by Crippen LogP contribution is -2.75. The minimum Gasteiger partial charge on any atom is -0.449 e. The van der Waals surface area contributed by atoms with Gasteiger partial charge in [-0.2, -0.15) is 0 Å². The molecule has 0 amide bonds. The summed E-state index contributed by atoms with van der Waals surface area (Å²) in [5.41, 5.74) is 11.0. The topological polar surface area (TPSA) is 85.1 Å². The van der Waals surface area contributed by atoms with Crippen LogP contribution in [0.3, 0.4) is 0 Å². The first-order valence-corrected chi connectivity index (χ1v) is 21.2. The molecule has 2 spiro atoms. The largest absolute Gasteiger partial charge is 0.449 e. The number of nitrogens with two attached hydrogens (primary N) is 1. The van der Waals surface area contributed by atoms with Gasteiger partial charge in [-0.25, -0.2) is 4.79 Å². The van der Waals surface area contributed by atoms with Crippen LogP contribution in [0.1, 0.15) is 126 Å². The van der Waals surface area contributed by atoms with Gasteiger partial charge in [0.2, 0.25) is 0 Å². The quantitative estimate of drug-likeness (QED) is 0.229. The smallest absolute Gasteiger partial charge is 0.339 e. The molecular formula is C45H59N3O4. The van der Waals surface area contributed by atoms with Crippen LogP contribution in [0.4, 0.5) is 0 Å². The number of fused-ring (bicyclic) bond motifs is 2. The van der Waals surface area contributed by atoms with Gasteiger partial charge in [-0.15, -0.1) is 0 Å². The van der Waals surface area contributed by atoms with Gasteiger partial charge in [-0.05, 0) is 113 Å². The zero-order valence-electron chi connectivity index (χ0n) is 31.8. The van der Waals surface area contributed by atoms with Gasteiger partial charge in [0, 0.05) is 54.8 Å². The lowest BCUT2D eigenvalue weighted by atomic mass is 9.31. The van der Waals surface area contributed by atoms with Gasteiger partial charge in [-0.3, -0.25) is 9.69 Å². The van der Waals surface area contributed by atoms with Crippen molar-refractivity contribution in [3.63, 3.8) is 0 Å². The van der Waals surface area contributed by atoms with E-state index in [1.807, 2.05) is 0 Å². The molecule has 7 nitrogen and oxygen atoms in total. The zero-order valence-corrected chi connectivity index (χ0v) is 31.8. The monoisotopic (exact) mass is 705 g/mol. The molecular weight excluding hydrogens is 647 g/mol. The fourth-order valence-corrected chi connectivity index (χ4v) is 14.3. The molecule has 11 atom stereocenters. The molecule has 13 rings (SSSR count). The lowest BCUT2D eigenvalue weighted by molar-refractivity contribution is -0.271. The second-order valence-electron chi connectivity index (χ2n) is 18.5. The van der Waals surface area contributed by atoms with Crippen molar-refractivity contribution in [2.24, 2.45) is 46.2 Å². The third kappa shape index (κ3) is 4.16. The Morgan fingerprint density at radius 1 is 1.04 bits per heavy atom. The minimum atomic E-state index is -0.927. The average Bonchev–Trinajstić information content (AvgIpc) is 3.58. The number of aryl methyl sites for hydroxylation is 1. The molecule has 1 saturated carbocycles. The van der Waals surface area contributed by atoms with E-state index in [-0.39, 0.29) is 17.9 Å². The van der Waals surface area contributed by atoms with E-state index in [9.17, 15) is 4.79 Å². The van der Waals surface area contributed by atoms with Gasteiger partial charge in [0.15, 0.2) is 5.60 Å². The van der Waals surface area contributed by atoms with Crippen molar-refractivity contribution in [1.29, 1.82) is 0 Å². The van der Waals surface area contributed by atoms with E-state index in [1.165, 1.54) is 44.3 Å². The summed E-state index contributed by atoms with van der Waals surface area (Å²) in [6.45, 7) is 11.1. The van der Waals surface area contributed by atoms with Gasteiger partial charge in [0.05, 0.1) is 11.0 Å². The Morgan fingerprint density at radius 2 is 1.90 bits per heavy atom. The number of hydrogen-bond acceptors (Lipinski definition) is 7. The Labute approximate surface area is 310 Å². The number of rotatable bonds is 7. The number of benzene rings is 1. The summed E-state index contributed by atoms with van der Waals surface area (Å²) in [4.78, 5) is 35.2. The van der Waals surface area contributed by atoms with Gasteiger partial charge < -0.3 is 20.1 Å². The van der Waals surface area contributed by atoms with Crippen molar-refractivity contribution < 1.29 is 19.1 Å². The van der Waals surface area contributed by atoms with E-state index in [2.05, 4.69) is 60.9 Å². The number of carbonyl (C=O) groups is 2. The molecule has 1 aromatic rings. The second-order valence-corrected chi connectivity index (χ2v) is 18.5. The van der Waals surface area contributed by atoms with E-state index in [0.29, 0.717) is 42.3 Å². The molecule has 10 bridgehead atoms. The number of carbonyl (C=O) groups excluding carboxylic acids is 2. The van der Waals surface area contributed by atoms with E-state index in [4.69, 9.17) is 15.2 Å². The summed E-state index contributed by atoms with van der Waals surface area (Å²) < 4.78 is 13.7. The Hall–Kier alpha value is -2.90. The normalized spacial score (nSPS) is 42.3. The van der Waals surface area contributed by atoms with Crippen LogP contribution in [0.2, 0.25) is 0 Å². The molecule has 278 valence electrons. The fourth-order valence-electron chi connectivity index (χ4n) is 14.3. The molecule has 9 aliphatic heterocycles. The first-order chi connectivity index (χ1) is 25.3. The van der Waals surface area contributed by atoms with Crippen LogP contribution in [-0.4, -0.2) is 60.0 Å². The predicted molar refractivity (Wildman–Crippen MR) is 201 cm³/mol. The predicted octanol–water partition coefficient (Wildman–Crippen LogP) is 7.80. The summed E-state index contributed by atoms with van der Waals surface area (Å²) in [7, 11) is 0. The van der Waals surface area contributed by atoms with E-state index in [0.717, 1.165) is 93.2 Å². The molecule has 0 radical (unpaired) electrons. The maximum Gasteiger partial charge on any atom is 0.339 e. The van der Waals surface area contributed by atoms with Crippen LogP contribution in [0.25, 0.3) is 0 Å². The Kier molecular flexibility index (Phi) is 7.80. The Morgan fingerprint density at radius 3 is 2.73 bits per heavy atom. The number of ether oxygens (including phenoxy) is 2. The average molecular weight is 706 g/mol. The first kappa shape index (κ1) is 33.7. The third-order valence-corrected chi connectivity index (χ3v) is 15.9. The van der Waals surface area contributed by atoms with Gasteiger partial charge in [0.25, 0.3) is 0 Å². The van der Waals surface area contributed by atoms with Crippen LogP contribution in [0.5, 0.6) is 0 Å². The number of nitrogens with zero attached hydrogens (tertiary/aromatic N) is 2. The highest BCUT2D eigenvalue weighted by molar-refractivity contribution is 5.99. The van der Waals surface area contributed by atoms with E-state index < -0.39 is 16.4 Å². The SMILES string of the molecule is CCCC1CC=C2OC(=O)C34C=C(CCC23C2(OC(=O)c3c(CCCN)cccc32)C4CCC)C2CC(C)CC3=C2N2CC4CC(CN1C4)C2CC3. The summed E-state index contributed by atoms with van der Waals surface area (Å²) in [5, 5.41) is 0. The molecule has 1 aromatic carbocycles. The van der Waals surface area contributed by atoms with Crippen molar-refractivity contribution in [2.45, 2.75) is 128 Å². The number of piperidine rings is 2. The molecule has 7 heteroatoms. The maximum atomic E-state index is 15.1. The molecule has 12 aliphatic rings. The summed E-state index contributed by atoms with van der Waals surface area (Å²) in [6, 6.07) is 7.37. The van der Waals surface area contributed by atoms with Gasteiger partial charge in [-0.1, -0.05) is 69.0 Å². The van der Waals surface area contributed by atoms with Crippen LogP contribution in [-0.2, 0) is 26.3 Å². The van der Waals surface area contributed by atoms with Crippen LogP contribution in [0, 0.1) is 40.4 Å². The highest BCUT2D eigenvalue weighted by Crippen LogP contribution is 2.84. The summed E-state index contributed by atoms with van der Waals surface area (Å²) >= 11 is 0. The maximum absolute atomic E-state index is 15.1. The minimum absolute atomic E-state index is 0.107. The third-order valence-electron chi connectivity index (χ3n) is 15.9. The standard InChI is InChI=1S/C45H59N3O4/c1-4-8-33-14-16-38-44-18-17-31(34-21-27(3)20-30-13-15-36-32-22-28(24-47(33)26-32)25-48(36)40(30)34)23-43(44,42(50)51-38)37(9-5-2)45(44)35-12-6-10-29(11-7-19-46)39(35)41(49)52-45/h6,10,12,16,23,27-28,32-34,36-37H,4-5,7-9,11,13-15,17-22,24-26,46H2,1-3H3. The number of esters is 2. The van der Waals surface area contributed by atoms with Gasteiger partial charge in [0.1, 0.15) is 11.2 Å². The Bertz CT molecular complexity index is 1800. The summed E-state index contributed by atoms with van der Waals surface area (Å²) in [5.74, 6) is 2.67. The number of hydrogen-bond donors (Lipinski definition) is 1. The molecule has 11 unspecified atom stereocenters. The van der Waals surface area contributed by atoms with E-state index in [1.54, 1.807) is 11.3 Å². The van der Waals surface area contributed by atoms with Crippen LogP contribution < -0.4 is 5.73 Å². The van der Waals surface area contributed by atoms with Crippen molar-refractivity contribution in [2.75, 3.05) is 26.2 Å². The van der Waals surface area contributed by atoms with E-state index >= 15 is 4.79 Å². The van der Waals surface area contributed by atoms with Crippen molar-refractivity contribution in [3.05, 3.63) is 69.6 Å². The van der Waals surface area contributed by atoms with Gasteiger partial charge >= 0.3 is 11.9 Å². The molecule has 0 aromatic heterocycles. The first-order valence-electron chi connectivity index (χ1n) is 21.2. The van der Waals surface area contributed by atoms with Crippen LogP contribution >= 0.6 is 0 Å². The lowest BCUT2D eigenvalue weighted by Gasteiger charge is -2.69. The van der Waals surface area contributed by atoms with Crippen molar-refractivity contribution in [1.82, 2.24) is 9.80 Å². The second kappa shape index (κ2) is 12.1. The molecule has 3 saturated heterocycles. The molecule has 9 heterocycles.